The van der Waals surface area contributed by atoms with Gasteiger partial charge in [0.2, 0.25) is 0 Å². The number of halogens is 1. The second kappa shape index (κ2) is 6.14. The molecule has 0 aliphatic carbocycles. The maximum Gasteiger partial charge on any atom is 0.410 e. The first-order valence-corrected chi connectivity index (χ1v) is 7.49. The van der Waals surface area contributed by atoms with Gasteiger partial charge in [0.05, 0.1) is 13.7 Å². The number of hydrogen-bond donors (Lipinski definition) is 1. The van der Waals surface area contributed by atoms with Crippen molar-refractivity contribution in [1.82, 2.24) is 10.2 Å². The van der Waals surface area contributed by atoms with Gasteiger partial charge in [-0.2, -0.15) is 0 Å². The zero-order valence-corrected chi connectivity index (χ0v) is 12.9. The molecule has 6 nitrogen and oxygen atoms in total. The van der Waals surface area contributed by atoms with Gasteiger partial charge in [0.15, 0.2) is 0 Å². The summed E-state index contributed by atoms with van der Waals surface area (Å²) in [5.41, 5.74) is 2.01. The molecule has 1 fully saturated rings. The molecule has 0 saturated carbocycles. The van der Waals surface area contributed by atoms with E-state index in [1.54, 1.807) is 4.90 Å². The van der Waals surface area contributed by atoms with Crippen molar-refractivity contribution < 1.29 is 19.1 Å². The highest BCUT2D eigenvalue weighted by molar-refractivity contribution is 6.31. The SMILES string of the molecule is COC(=O)C1CC(OC(=O)N2Cc3cccc(Cl)c3C2)CN1. The molecule has 0 bridgehead atoms. The number of amides is 1. The Morgan fingerprint density at radius 3 is 2.91 bits per heavy atom. The minimum absolute atomic E-state index is 0.323. The van der Waals surface area contributed by atoms with Crippen LogP contribution in [-0.2, 0) is 27.4 Å². The smallest absolute Gasteiger partial charge is 0.410 e. The number of fused-ring (bicyclic) bond motifs is 1. The quantitative estimate of drug-likeness (QED) is 0.839. The molecule has 22 heavy (non-hydrogen) atoms. The van der Waals surface area contributed by atoms with E-state index in [9.17, 15) is 9.59 Å². The number of hydrogen-bond acceptors (Lipinski definition) is 5. The van der Waals surface area contributed by atoms with Crippen LogP contribution in [-0.4, -0.2) is 42.8 Å². The van der Waals surface area contributed by atoms with Gasteiger partial charge in [0, 0.05) is 24.5 Å². The lowest BCUT2D eigenvalue weighted by Gasteiger charge is -2.18. The summed E-state index contributed by atoms with van der Waals surface area (Å²) in [7, 11) is 1.34. The van der Waals surface area contributed by atoms with Crippen LogP contribution >= 0.6 is 11.6 Å². The summed E-state index contributed by atoms with van der Waals surface area (Å²) in [5.74, 6) is -0.334. The zero-order chi connectivity index (χ0) is 15.7. The van der Waals surface area contributed by atoms with Crippen molar-refractivity contribution in [1.29, 1.82) is 0 Å². The van der Waals surface area contributed by atoms with E-state index < -0.39 is 6.04 Å². The van der Waals surface area contributed by atoms with Gasteiger partial charge < -0.3 is 14.8 Å². The van der Waals surface area contributed by atoms with E-state index in [0.717, 1.165) is 11.1 Å². The lowest BCUT2D eigenvalue weighted by molar-refractivity contribution is -0.142. The average molecular weight is 325 g/mol. The maximum absolute atomic E-state index is 12.2. The number of carbonyl (C=O) groups excluding carboxylic acids is 2. The lowest BCUT2D eigenvalue weighted by Crippen LogP contribution is -2.31. The molecule has 0 radical (unpaired) electrons. The highest BCUT2D eigenvalue weighted by Crippen LogP contribution is 2.29. The first kappa shape index (κ1) is 15.1. The van der Waals surface area contributed by atoms with Crippen molar-refractivity contribution in [2.24, 2.45) is 0 Å². The van der Waals surface area contributed by atoms with Gasteiger partial charge in [-0.3, -0.25) is 9.69 Å². The number of rotatable bonds is 2. The molecule has 1 aromatic rings. The summed E-state index contributed by atoms with van der Waals surface area (Å²) in [4.78, 5) is 25.3. The fourth-order valence-electron chi connectivity index (χ4n) is 2.84. The molecular formula is C15H17ClN2O4. The summed E-state index contributed by atoms with van der Waals surface area (Å²) in [5, 5.41) is 3.66. The number of benzene rings is 1. The molecule has 2 aliphatic rings. The van der Waals surface area contributed by atoms with Crippen LogP contribution in [0.5, 0.6) is 0 Å². The molecule has 7 heteroatoms. The molecule has 0 aromatic heterocycles. The highest BCUT2D eigenvalue weighted by atomic mass is 35.5. The first-order valence-electron chi connectivity index (χ1n) is 7.11. The van der Waals surface area contributed by atoms with Gasteiger partial charge in [0.1, 0.15) is 12.1 Å². The molecule has 2 heterocycles. The van der Waals surface area contributed by atoms with Crippen LogP contribution in [0.1, 0.15) is 17.5 Å². The van der Waals surface area contributed by atoms with E-state index >= 15 is 0 Å². The number of nitrogens with zero attached hydrogens (tertiary/aromatic N) is 1. The summed E-state index contributed by atoms with van der Waals surface area (Å²) in [6, 6.07) is 5.24. The van der Waals surface area contributed by atoms with E-state index in [1.807, 2.05) is 18.2 Å². The van der Waals surface area contributed by atoms with Crippen LogP contribution in [0.15, 0.2) is 18.2 Å². The largest absolute Gasteiger partial charge is 0.468 e. The summed E-state index contributed by atoms with van der Waals surface area (Å²) < 4.78 is 10.1. The second-order valence-corrected chi connectivity index (χ2v) is 5.87. The number of esters is 1. The standard InChI is InChI=1S/C15H17ClN2O4/c1-21-14(19)13-5-10(6-17-13)22-15(20)18-7-9-3-2-4-12(16)11(9)8-18/h2-4,10,13,17H,5-8H2,1H3. The van der Waals surface area contributed by atoms with Crippen molar-refractivity contribution in [2.75, 3.05) is 13.7 Å². The van der Waals surface area contributed by atoms with Crippen molar-refractivity contribution in [3.8, 4) is 0 Å². The van der Waals surface area contributed by atoms with Crippen molar-refractivity contribution in [3.63, 3.8) is 0 Å². The van der Waals surface area contributed by atoms with E-state index in [0.29, 0.717) is 31.1 Å². The number of nitrogens with one attached hydrogen (secondary N) is 1. The van der Waals surface area contributed by atoms with E-state index in [-0.39, 0.29) is 18.2 Å². The van der Waals surface area contributed by atoms with Crippen LogP contribution in [0.4, 0.5) is 4.79 Å². The summed E-state index contributed by atoms with van der Waals surface area (Å²) in [6.07, 6.45) is -0.277. The van der Waals surface area contributed by atoms with Gasteiger partial charge in [-0.15, -0.1) is 0 Å². The number of carbonyl (C=O) groups is 2. The van der Waals surface area contributed by atoms with E-state index in [2.05, 4.69) is 10.1 Å². The lowest BCUT2D eigenvalue weighted by atomic mass is 10.1. The molecule has 2 unspecified atom stereocenters. The Bertz CT molecular complexity index is 607. The molecular weight excluding hydrogens is 308 g/mol. The topological polar surface area (TPSA) is 67.9 Å². The molecule has 3 rings (SSSR count). The Balaban J connectivity index is 1.56. The monoisotopic (exact) mass is 324 g/mol. The zero-order valence-electron chi connectivity index (χ0n) is 12.2. The average Bonchev–Trinajstić information content (AvgIpc) is 3.13. The number of methoxy groups -OCH3 is 1. The molecule has 2 atom stereocenters. The Kier molecular flexibility index (Phi) is 4.22. The highest BCUT2D eigenvalue weighted by Gasteiger charge is 2.34. The van der Waals surface area contributed by atoms with Crippen LogP contribution in [0.2, 0.25) is 5.02 Å². The Labute approximate surface area is 133 Å². The van der Waals surface area contributed by atoms with Crippen LogP contribution in [0.25, 0.3) is 0 Å². The van der Waals surface area contributed by atoms with Crippen LogP contribution < -0.4 is 5.32 Å². The third-order valence-corrected chi connectivity index (χ3v) is 4.38. The molecule has 0 spiro atoms. The Morgan fingerprint density at radius 2 is 2.18 bits per heavy atom. The maximum atomic E-state index is 12.2. The van der Waals surface area contributed by atoms with Crippen LogP contribution in [0.3, 0.4) is 0 Å². The third kappa shape index (κ3) is 2.89. The molecule has 2 aliphatic heterocycles. The Hall–Kier alpha value is -1.79. The fraction of sp³-hybridized carbons (Fsp3) is 0.467. The minimum Gasteiger partial charge on any atom is -0.468 e. The third-order valence-electron chi connectivity index (χ3n) is 4.03. The normalized spacial score (nSPS) is 23.3. The van der Waals surface area contributed by atoms with E-state index in [4.69, 9.17) is 16.3 Å². The minimum atomic E-state index is -0.409. The molecule has 1 N–H and O–H groups in total. The first-order chi connectivity index (χ1) is 10.6. The number of ether oxygens (including phenoxy) is 2. The van der Waals surface area contributed by atoms with E-state index in [1.165, 1.54) is 7.11 Å². The molecule has 118 valence electrons. The van der Waals surface area contributed by atoms with Crippen molar-refractivity contribution in [2.45, 2.75) is 31.7 Å². The predicted molar refractivity (Wildman–Crippen MR) is 79.4 cm³/mol. The van der Waals surface area contributed by atoms with Crippen molar-refractivity contribution >= 4 is 23.7 Å². The second-order valence-electron chi connectivity index (χ2n) is 5.46. The molecule has 1 aromatic carbocycles. The fourth-order valence-corrected chi connectivity index (χ4v) is 3.10. The summed E-state index contributed by atoms with van der Waals surface area (Å²) >= 11 is 6.14. The predicted octanol–water partition coefficient (Wildman–Crippen LogP) is 1.70. The Morgan fingerprint density at radius 1 is 1.36 bits per heavy atom. The molecule has 1 amide bonds. The summed E-state index contributed by atoms with van der Waals surface area (Å²) in [6.45, 7) is 1.40. The van der Waals surface area contributed by atoms with Gasteiger partial charge in [-0.1, -0.05) is 23.7 Å². The van der Waals surface area contributed by atoms with Gasteiger partial charge in [-0.25, -0.2) is 4.79 Å². The van der Waals surface area contributed by atoms with Gasteiger partial charge in [-0.05, 0) is 17.2 Å². The molecule has 1 saturated heterocycles. The van der Waals surface area contributed by atoms with Gasteiger partial charge in [0.25, 0.3) is 0 Å². The van der Waals surface area contributed by atoms with Crippen LogP contribution in [0, 0.1) is 0 Å². The van der Waals surface area contributed by atoms with Crippen molar-refractivity contribution in [3.05, 3.63) is 34.3 Å². The van der Waals surface area contributed by atoms with Gasteiger partial charge >= 0.3 is 12.1 Å².